The summed E-state index contributed by atoms with van der Waals surface area (Å²) in [6.45, 7) is 1.60. The highest BCUT2D eigenvalue weighted by molar-refractivity contribution is 5.87. The van der Waals surface area contributed by atoms with Gasteiger partial charge < -0.3 is 19.9 Å². The number of hydrogen-bond acceptors (Lipinski definition) is 5. The van der Waals surface area contributed by atoms with E-state index in [1.54, 1.807) is 6.33 Å². The second-order valence-corrected chi connectivity index (χ2v) is 6.97. The lowest BCUT2D eigenvalue weighted by atomic mass is 10.0. The van der Waals surface area contributed by atoms with Crippen molar-refractivity contribution >= 4 is 22.8 Å². The topological polar surface area (TPSA) is 85.4 Å². The highest BCUT2D eigenvalue weighted by Crippen LogP contribution is 2.41. The normalized spacial score (nSPS) is 26.1. The van der Waals surface area contributed by atoms with Gasteiger partial charge in [-0.2, -0.15) is 0 Å². The van der Waals surface area contributed by atoms with Crippen molar-refractivity contribution in [2.24, 2.45) is 11.8 Å². The molecule has 1 saturated carbocycles. The van der Waals surface area contributed by atoms with E-state index in [-0.39, 0.29) is 18.9 Å². The average Bonchev–Trinajstić information content (AvgIpc) is 3.27. The molecular weight excluding hydrogens is 306 g/mol. The van der Waals surface area contributed by atoms with Gasteiger partial charge >= 0.3 is 0 Å². The van der Waals surface area contributed by atoms with E-state index in [4.69, 9.17) is 5.11 Å². The number of nitrogens with zero attached hydrogens (tertiary/aromatic N) is 4. The number of carbonyl (C=O) groups is 1. The molecule has 3 atom stereocenters. The number of carbonyl (C=O) groups excluding carboxylic acids is 1. The Morgan fingerprint density at radius 2 is 2.12 bits per heavy atom. The first-order chi connectivity index (χ1) is 11.7. The van der Waals surface area contributed by atoms with Gasteiger partial charge in [0.2, 0.25) is 5.91 Å². The summed E-state index contributed by atoms with van der Waals surface area (Å²) >= 11 is 0. The van der Waals surface area contributed by atoms with Gasteiger partial charge in [0.25, 0.3) is 0 Å². The molecule has 4 rings (SSSR count). The number of aliphatic hydroxyl groups excluding tert-OH is 1. The molecule has 0 bridgehead atoms. The molecule has 0 spiro atoms. The third-order valence-electron chi connectivity index (χ3n) is 5.62. The molecule has 2 N–H and O–H groups in total. The molecule has 0 radical (unpaired) electrons. The molecular formula is C17H23N5O2. The van der Waals surface area contributed by atoms with Gasteiger partial charge in [0, 0.05) is 38.8 Å². The third-order valence-corrected chi connectivity index (χ3v) is 5.62. The quantitative estimate of drug-likeness (QED) is 0.874. The number of aliphatic hydroxyl groups is 1. The Hall–Kier alpha value is -2.15. The van der Waals surface area contributed by atoms with E-state index < -0.39 is 0 Å². The fraction of sp³-hybridized carbons (Fsp3) is 0.588. The standard InChI is InChI=1S/C17H23N5O2/c1-21(17-14-2-4-18-16(14)19-10-20-17)13-6-11-8-22(9-12(11)7-13)15(24)3-5-23/h2,4,10-13,23H,3,5-9H2,1H3,(H,18,19,20)/t11-,12+,13+. The van der Waals surface area contributed by atoms with Gasteiger partial charge in [0.1, 0.15) is 17.8 Å². The zero-order chi connectivity index (χ0) is 16.7. The maximum atomic E-state index is 12.0. The highest BCUT2D eigenvalue weighted by atomic mass is 16.3. The molecule has 1 aliphatic heterocycles. The summed E-state index contributed by atoms with van der Waals surface area (Å²) in [5.74, 6) is 2.17. The lowest BCUT2D eigenvalue weighted by Crippen LogP contribution is -2.34. The van der Waals surface area contributed by atoms with Crippen molar-refractivity contribution in [2.45, 2.75) is 25.3 Å². The number of H-pyrrole nitrogens is 1. The molecule has 1 aliphatic carbocycles. The molecule has 0 unspecified atom stereocenters. The van der Waals surface area contributed by atoms with Crippen LogP contribution in [0.1, 0.15) is 19.3 Å². The van der Waals surface area contributed by atoms with Gasteiger partial charge in [0.05, 0.1) is 12.0 Å². The number of aromatic amines is 1. The summed E-state index contributed by atoms with van der Waals surface area (Å²) in [7, 11) is 2.11. The van der Waals surface area contributed by atoms with Crippen LogP contribution in [-0.2, 0) is 4.79 Å². The van der Waals surface area contributed by atoms with Crippen molar-refractivity contribution in [3.63, 3.8) is 0 Å². The first kappa shape index (κ1) is 15.4. The SMILES string of the molecule is CN(c1ncnc2[nH]ccc12)[C@H]1C[C@@H]2CN(C(=O)CCO)C[C@@H]2C1. The Bertz CT molecular complexity index is 731. The van der Waals surface area contributed by atoms with Gasteiger partial charge in [-0.1, -0.05) is 0 Å². The molecule has 1 saturated heterocycles. The zero-order valence-electron chi connectivity index (χ0n) is 13.9. The number of rotatable bonds is 4. The highest BCUT2D eigenvalue weighted by Gasteiger charge is 2.43. The largest absolute Gasteiger partial charge is 0.396 e. The van der Waals surface area contributed by atoms with Crippen LogP contribution in [0.3, 0.4) is 0 Å². The predicted octanol–water partition coefficient (Wildman–Crippen LogP) is 1.01. The fourth-order valence-electron chi connectivity index (χ4n) is 4.35. The summed E-state index contributed by atoms with van der Waals surface area (Å²) in [5, 5.41) is 9.99. The Morgan fingerprint density at radius 3 is 2.83 bits per heavy atom. The lowest BCUT2D eigenvalue weighted by molar-refractivity contribution is -0.131. The number of likely N-dealkylation sites (tertiary alicyclic amines) is 1. The van der Waals surface area contributed by atoms with E-state index in [1.807, 2.05) is 17.2 Å². The van der Waals surface area contributed by atoms with Crippen LogP contribution in [-0.4, -0.2) is 63.7 Å². The maximum Gasteiger partial charge on any atom is 0.224 e. The molecule has 2 fully saturated rings. The summed E-state index contributed by atoms with van der Waals surface area (Å²) in [6.07, 6.45) is 5.91. The van der Waals surface area contributed by atoms with Crippen molar-refractivity contribution in [2.75, 3.05) is 31.6 Å². The molecule has 7 nitrogen and oxygen atoms in total. The summed E-state index contributed by atoms with van der Waals surface area (Å²) < 4.78 is 0. The zero-order valence-corrected chi connectivity index (χ0v) is 13.9. The Kier molecular flexibility index (Phi) is 3.88. The van der Waals surface area contributed by atoms with Gasteiger partial charge in [-0.05, 0) is 30.7 Å². The second kappa shape index (κ2) is 6.05. The average molecular weight is 329 g/mol. The van der Waals surface area contributed by atoms with Crippen molar-refractivity contribution < 1.29 is 9.90 Å². The molecule has 128 valence electrons. The van der Waals surface area contributed by atoms with Crippen LogP contribution in [0.15, 0.2) is 18.6 Å². The van der Waals surface area contributed by atoms with Crippen molar-refractivity contribution in [1.29, 1.82) is 0 Å². The van der Waals surface area contributed by atoms with E-state index >= 15 is 0 Å². The molecule has 3 heterocycles. The Labute approximate surface area is 140 Å². The van der Waals surface area contributed by atoms with E-state index in [1.165, 1.54) is 0 Å². The molecule has 7 heteroatoms. The molecule has 2 aliphatic rings. The van der Waals surface area contributed by atoms with E-state index in [2.05, 4.69) is 26.9 Å². The molecule has 2 aromatic heterocycles. The minimum absolute atomic E-state index is 0.0591. The first-order valence-electron chi connectivity index (χ1n) is 8.57. The number of amides is 1. The number of fused-ring (bicyclic) bond motifs is 2. The van der Waals surface area contributed by atoms with Crippen LogP contribution in [0.4, 0.5) is 5.82 Å². The number of hydrogen-bond donors (Lipinski definition) is 2. The summed E-state index contributed by atoms with van der Waals surface area (Å²) in [6, 6.07) is 2.47. The Balaban J connectivity index is 1.45. The van der Waals surface area contributed by atoms with Crippen LogP contribution >= 0.6 is 0 Å². The van der Waals surface area contributed by atoms with Crippen molar-refractivity contribution in [1.82, 2.24) is 19.9 Å². The van der Waals surface area contributed by atoms with E-state index in [0.29, 0.717) is 17.9 Å². The smallest absolute Gasteiger partial charge is 0.224 e. The fourth-order valence-corrected chi connectivity index (χ4v) is 4.35. The van der Waals surface area contributed by atoms with Gasteiger partial charge in [-0.25, -0.2) is 9.97 Å². The third kappa shape index (κ3) is 2.53. The predicted molar refractivity (Wildman–Crippen MR) is 90.6 cm³/mol. The number of aromatic nitrogens is 3. The van der Waals surface area contributed by atoms with Crippen LogP contribution in [0.25, 0.3) is 11.0 Å². The van der Waals surface area contributed by atoms with Crippen molar-refractivity contribution in [3.05, 3.63) is 18.6 Å². The van der Waals surface area contributed by atoms with Gasteiger partial charge in [-0.3, -0.25) is 4.79 Å². The molecule has 1 amide bonds. The van der Waals surface area contributed by atoms with Crippen LogP contribution in [0.2, 0.25) is 0 Å². The maximum absolute atomic E-state index is 12.0. The van der Waals surface area contributed by atoms with Gasteiger partial charge in [0.15, 0.2) is 0 Å². The number of anilines is 1. The molecule has 24 heavy (non-hydrogen) atoms. The Morgan fingerprint density at radius 1 is 1.38 bits per heavy atom. The van der Waals surface area contributed by atoms with Crippen LogP contribution in [0, 0.1) is 11.8 Å². The monoisotopic (exact) mass is 329 g/mol. The van der Waals surface area contributed by atoms with Crippen LogP contribution in [0.5, 0.6) is 0 Å². The van der Waals surface area contributed by atoms with Crippen molar-refractivity contribution in [3.8, 4) is 0 Å². The summed E-state index contributed by atoms with van der Waals surface area (Å²) in [4.78, 5) is 28.0. The summed E-state index contributed by atoms with van der Waals surface area (Å²) in [5.41, 5.74) is 0.866. The second-order valence-electron chi connectivity index (χ2n) is 6.97. The lowest BCUT2D eigenvalue weighted by Gasteiger charge is -2.28. The first-order valence-corrected chi connectivity index (χ1v) is 8.57. The molecule has 0 aromatic carbocycles. The minimum atomic E-state index is -0.0591. The van der Waals surface area contributed by atoms with E-state index in [0.717, 1.165) is 42.8 Å². The van der Waals surface area contributed by atoms with Crippen LogP contribution < -0.4 is 4.90 Å². The minimum Gasteiger partial charge on any atom is -0.396 e. The van der Waals surface area contributed by atoms with E-state index in [9.17, 15) is 4.79 Å². The van der Waals surface area contributed by atoms with Gasteiger partial charge in [-0.15, -0.1) is 0 Å². The molecule has 2 aromatic rings. The number of nitrogens with one attached hydrogen (secondary N) is 1.